The summed E-state index contributed by atoms with van der Waals surface area (Å²) in [7, 11) is 0. The van der Waals surface area contributed by atoms with E-state index in [-0.39, 0.29) is 12.1 Å². The lowest BCUT2D eigenvalue weighted by atomic mass is 10.0. The molecule has 1 aromatic rings. The summed E-state index contributed by atoms with van der Waals surface area (Å²) >= 11 is 0. The Kier molecular flexibility index (Phi) is 9.81. The van der Waals surface area contributed by atoms with Crippen LogP contribution in [0.25, 0.3) is 0 Å². The van der Waals surface area contributed by atoms with E-state index in [9.17, 15) is 9.59 Å². The molecule has 0 radical (unpaired) electrons. The van der Waals surface area contributed by atoms with Crippen molar-refractivity contribution in [3.05, 3.63) is 23.8 Å². The number of anilines is 2. The molecular formula is C25H42N6O2. The fourth-order valence-electron chi connectivity index (χ4n) is 4.81. The van der Waals surface area contributed by atoms with Gasteiger partial charge in [0.05, 0.1) is 0 Å². The second-order valence-corrected chi connectivity index (χ2v) is 9.89. The highest BCUT2D eigenvalue weighted by Crippen LogP contribution is 2.20. The lowest BCUT2D eigenvalue weighted by Gasteiger charge is -2.30. The van der Waals surface area contributed by atoms with Crippen LogP contribution in [0, 0.1) is 18.8 Å². The van der Waals surface area contributed by atoms with E-state index in [4.69, 9.17) is 0 Å². The van der Waals surface area contributed by atoms with Gasteiger partial charge in [0.2, 0.25) is 0 Å². The summed E-state index contributed by atoms with van der Waals surface area (Å²) in [6.45, 7) is 13.9. The molecule has 2 aliphatic heterocycles. The van der Waals surface area contributed by atoms with Gasteiger partial charge in [-0.1, -0.05) is 19.9 Å². The number of nitrogens with one attached hydrogen (secondary N) is 4. The van der Waals surface area contributed by atoms with E-state index in [0.29, 0.717) is 24.5 Å². The summed E-state index contributed by atoms with van der Waals surface area (Å²) in [6, 6.07) is 5.10. The third-order valence-corrected chi connectivity index (χ3v) is 6.65. The number of piperidine rings is 2. The normalized spacial score (nSPS) is 21.9. The fraction of sp³-hybridized carbons (Fsp3) is 0.680. The Morgan fingerprint density at radius 2 is 1.42 bits per heavy atom. The summed E-state index contributed by atoms with van der Waals surface area (Å²) in [6.07, 6.45) is 5.06. The molecule has 2 saturated heterocycles. The number of carbonyl (C=O) groups excluding carboxylic acids is 2. The summed E-state index contributed by atoms with van der Waals surface area (Å²) < 4.78 is 0. The zero-order chi connectivity index (χ0) is 23.6. The van der Waals surface area contributed by atoms with Gasteiger partial charge in [0.15, 0.2) is 0 Å². The first-order valence-electron chi connectivity index (χ1n) is 12.5. The molecule has 1 aromatic carbocycles. The monoisotopic (exact) mass is 458 g/mol. The number of nitrogens with zero attached hydrogens (tertiary/aromatic N) is 2. The van der Waals surface area contributed by atoms with Crippen molar-refractivity contribution < 1.29 is 9.59 Å². The zero-order valence-electron chi connectivity index (χ0n) is 20.6. The third kappa shape index (κ3) is 8.85. The average molecular weight is 459 g/mol. The minimum atomic E-state index is -0.227. The number of aryl methyl sites for hydroxylation is 1. The molecule has 2 fully saturated rings. The van der Waals surface area contributed by atoms with Crippen molar-refractivity contribution in [2.24, 2.45) is 11.8 Å². The summed E-state index contributed by atoms with van der Waals surface area (Å²) in [5.41, 5.74) is 2.29. The Morgan fingerprint density at radius 3 is 1.97 bits per heavy atom. The smallest absolute Gasteiger partial charge is 0.319 e. The molecule has 0 aliphatic carbocycles. The van der Waals surface area contributed by atoms with E-state index >= 15 is 0 Å². The summed E-state index contributed by atoms with van der Waals surface area (Å²) in [5, 5.41) is 11.7. The van der Waals surface area contributed by atoms with E-state index in [0.717, 1.165) is 56.7 Å². The standard InChI is InChI=1S/C25H42N6O2/c1-19-6-4-12-30(17-19)14-10-26-24(32)28-22-9-8-21(3)23(16-22)29-25(33)27-11-15-31-13-5-7-20(2)18-31/h8-9,16,19-20H,4-7,10-15,17-18H2,1-3H3,(H2,26,28,32)(H2,27,29,33)/t19-,20-/m0/s1. The van der Waals surface area contributed by atoms with Crippen LogP contribution in [0.2, 0.25) is 0 Å². The van der Waals surface area contributed by atoms with Gasteiger partial charge in [-0.2, -0.15) is 0 Å². The number of hydrogen-bond acceptors (Lipinski definition) is 4. The molecule has 0 spiro atoms. The Bertz CT molecular complexity index is 786. The quantitative estimate of drug-likeness (QED) is 0.478. The van der Waals surface area contributed by atoms with Gasteiger partial charge in [-0.25, -0.2) is 9.59 Å². The zero-order valence-corrected chi connectivity index (χ0v) is 20.6. The Morgan fingerprint density at radius 1 is 0.879 bits per heavy atom. The van der Waals surface area contributed by atoms with E-state index in [2.05, 4.69) is 44.9 Å². The lowest BCUT2D eigenvalue weighted by Crippen LogP contribution is -2.41. The molecule has 8 nitrogen and oxygen atoms in total. The Hall–Kier alpha value is -2.32. The number of likely N-dealkylation sites (tertiary alicyclic amines) is 2. The molecule has 2 atom stereocenters. The number of carbonyl (C=O) groups is 2. The fourth-order valence-corrected chi connectivity index (χ4v) is 4.81. The highest BCUT2D eigenvalue weighted by atomic mass is 16.2. The van der Waals surface area contributed by atoms with Gasteiger partial charge in [0, 0.05) is 50.6 Å². The SMILES string of the molecule is Cc1ccc(NC(=O)NCCN2CCC[C@H](C)C2)cc1NC(=O)NCCN1CCC[C@H](C)C1. The van der Waals surface area contributed by atoms with Gasteiger partial charge in [-0.05, 0) is 75.2 Å². The summed E-state index contributed by atoms with van der Waals surface area (Å²) in [5.74, 6) is 1.47. The van der Waals surface area contributed by atoms with E-state index < -0.39 is 0 Å². The molecule has 0 aromatic heterocycles. The molecule has 184 valence electrons. The van der Waals surface area contributed by atoms with Crippen LogP contribution >= 0.6 is 0 Å². The molecule has 8 heteroatoms. The van der Waals surface area contributed by atoms with Crippen LogP contribution in [0.15, 0.2) is 18.2 Å². The molecule has 2 aliphatic rings. The van der Waals surface area contributed by atoms with Gasteiger partial charge in [-0.3, -0.25) is 0 Å². The maximum atomic E-state index is 12.4. The van der Waals surface area contributed by atoms with Crippen molar-refractivity contribution in [2.75, 3.05) is 63.0 Å². The minimum absolute atomic E-state index is 0.222. The topological polar surface area (TPSA) is 88.7 Å². The molecule has 4 N–H and O–H groups in total. The van der Waals surface area contributed by atoms with Crippen molar-refractivity contribution in [2.45, 2.75) is 46.5 Å². The number of urea groups is 2. The van der Waals surface area contributed by atoms with E-state index in [1.165, 1.54) is 25.7 Å². The Labute approximate surface area is 198 Å². The molecule has 3 rings (SSSR count). The van der Waals surface area contributed by atoms with Crippen LogP contribution in [0.3, 0.4) is 0 Å². The predicted octanol–water partition coefficient (Wildman–Crippen LogP) is 3.70. The molecule has 4 amide bonds. The molecule has 0 unspecified atom stereocenters. The van der Waals surface area contributed by atoms with Crippen molar-refractivity contribution >= 4 is 23.4 Å². The maximum Gasteiger partial charge on any atom is 0.319 e. The largest absolute Gasteiger partial charge is 0.337 e. The van der Waals surface area contributed by atoms with E-state index in [1.54, 1.807) is 6.07 Å². The minimum Gasteiger partial charge on any atom is -0.337 e. The van der Waals surface area contributed by atoms with Gasteiger partial charge in [0.1, 0.15) is 0 Å². The average Bonchev–Trinajstić information content (AvgIpc) is 2.76. The summed E-state index contributed by atoms with van der Waals surface area (Å²) in [4.78, 5) is 29.5. The number of amides is 4. The predicted molar refractivity (Wildman–Crippen MR) is 135 cm³/mol. The lowest BCUT2D eigenvalue weighted by molar-refractivity contribution is 0.184. The van der Waals surface area contributed by atoms with Crippen LogP contribution in [0.5, 0.6) is 0 Å². The number of benzene rings is 1. The van der Waals surface area contributed by atoms with Crippen molar-refractivity contribution in [3.8, 4) is 0 Å². The molecule has 33 heavy (non-hydrogen) atoms. The van der Waals surface area contributed by atoms with Crippen molar-refractivity contribution in [3.63, 3.8) is 0 Å². The Balaban J connectivity index is 1.38. The first-order chi connectivity index (χ1) is 15.9. The van der Waals surface area contributed by atoms with Crippen LogP contribution in [-0.4, -0.2) is 74.2 Å². The van der Waals surface area contributed by atoms with Crippen LogP contribution in [0.4, 0.5) is 21.0 Å². The highest BCUT2D eigenvalue weighted by molar-refractivity contribution is 5.93. The van der Waals surface area contributed by atoms with Crippen molar-refractivity contribution in [1.29, 1.82) is 0 Å². The molecule has 2 heterocycles. The second kappa shape index (κ2) is 12.8. The molecule has 0 bridgehead atoms. The molecular weight excluding hydrogens is 416 g/mol. The highest BCUT2D eigenvalue weighted by Gasteiger charge is 2.17. The van der Waals surface area contributed by atoms with Crippen LogP contribution < -0.4 is 21.3 Å². The number of hydrogen-bond donors (Lipinski definition) is 4. The van der Waals surface area contributed by atoms with Crippen molar-refractivity contribution in [1.82, 2.24) is 20.4 Å². The van der Waals surface area contributed by atoms with Gasteiger partial charge in [0.25, 0.3) is 0 Å². The number of rotatable bonds is 8. The molecule has 0 saturated carbocycles. The van der Waals surface area contributed by atoms with Gasteiger partial charge in [-0.15, -0.1) is 0 Å². The van der Waals surface area contributed by atoms with E-state index in [1.807, 2.05) is 19.1 Å². The van der Waals surface area contributed by atoms with Crippen LogP contribution in [-0.2, 0) is 0 Å². The first kappa shape index (κ1) is 25.3. The maximum absolute atomic E-state index is 12.4. The van der Waals surface area contributed by atoms with Gasteiger partial charge < -0.3 is 31.1 Å². The third-order valence-electron chi connectivity index (χ3n) is 6.65. The first-order valence-corrected chi connectivity index (χ1v) is 12.5. The van der Waals surface area contributed by atoms with Crippen LogP contribution in [0.1, 0.15) is 45.1 Å². The second-order valence-electron chi connectivity index (χ2n) is 9.89. The van der Waals surface area contributed by atoms with Gasteiger partial charge >= 0.3 is 12.1 Å².